The van der Waals surface area contributed by atoms with Gasteiger partial charge in [0.05, 0.1) is 5.92 Å². The summed E-state index contributed by atoms with van der Waals surface area (Å²) < 4.78 is 5.81. The van der Waals surface area contributed by atoms with E-state index in [1.54, 1.807) is 0 Å². The van der Waals surface area contributed by atoms with Crippen LogP contribution in [0.1, 0.15) is 61.1 Å². The molecule has 1 unspecified atom stereocenters. The van der Waals surface area contributed by atoms with Crippen molar-refractivity contribution in [1.82, 2.24) is 4.90 Å². The molecule has 0 heterocycles. The van der Waals surface area contributed by atoms with Crippen LogP contribution in [0.15, 0.2) is 54.6 Å². The maximum Gasteiger partial charge on any atom is 0.313 e. The highest BCUT2D eigenvalue weighted by atomic mass is 16.5. The monoisotopic (exact) mass is 365 g/mol. The number of nitrogens with zero attached hydrogens (tertiary/aromatic N) is 1. The summed E-state index contributed by atoms with van der Waals surface area (Å²) in [6.07, 6.45) is 4.15. The topological polar surface area (TPSA) is 29.5 Å². The largest absolute Gasteiger partial charge is 0.462 e. The molecular formula is C24H31NO2. The molecule has 0 N–H and O–H groups in total. The van der Waals surface area contributed by atoms with Crippen molar-refractivity contribution >= 4 is 5.97 Å². The zero-order chi connectivity index (χ0) is 19.2. The van der Waals surface area contributed by atoms with Gasteiger partial charge in [-0.2, -0.15) is 0 Å². The second kappa shape index (κ2) is 9.18. The van der Waals surface area contributed by atoms with Crippen LogP contribution in [0.3, 0.4) is 0 Å². The van der Waals surface area contributed by atoms with Gasteiger partial charge in [0.15, 0.2) is 0 Å². The van der Waals surface area contributed by atoms with E-state index in [-0.39, 0.29) is 18.0 Å². The van der Waals surface area contributed by atoms with Crippen molar-refractivity contribution < 1.29 is 9.53 Å². The van der Waals surface area contributed by atoms with Gasteiger partial charge in [-0.1, -0.05) is 54.6 Å². The van der Waals surface area contributed by atoms with Crippen molar-refractivity contribution in [2.24, 2.45) is 0 Å². The summed E-state index contributed by atoms with van der Waals surface area (Å²) in [6.45, 7) is 2.90. The van der Waals surface area contributed by atoms with Crippen LogP contribution in [-0.4, -0.2) is 31.1 Å². The van der Waals surface area contributed by atoms with Crippen molar-refractivity contribution in [3.63, 3.8) is 0 Å². The molecule has 3 rings (SSSR count). The number of benzene rings is 2. The maximum atomic E-state index is 12.5. The Morgan fingerprint density at radius 2 is 1.63 bits per heavy atom. The minimum absolute atomic E-state index is 0.0629. The first kappa shape index (κ1) is 19.6. The van der Waals surface area contributed by atoms with Gasteiger partial charge in [-0.05, 0) is 69.3 Å². The van der Waals surface area contributed by atoms with Crippen LogP contribution >= 0.6 is 0 Å². The summed E-state index contributed by atoms with van der Waals surface area (Å²) in [5, 5.41) is 0. The first-order chi connectivity index (χ1) is 13.0. The van der Waals surface area contributed by atoms with Gasteiger partial charge in [0.25, 0.3) is 0 Å². The molecule has 2 aromatic carbocycles. The number of esters is 1. The van der Waals surface area contributed by atoms with Crippen LogP contribution in [0, 0.1) is 0 Å². The fourth-order valence-electron chi connectivity index (χ4n) is 3.92. The summed E-state index contributed by atoms with van der Waals surface area (Å²) in [6, 6.07) is 18.9. The summed E-state index contributed by atoms with van der Waals surface area (Å²) in [5.41, 5.74) is 3.79. The molecule has 0 amide bonds. The Bertz CT molecular complexity index is 716. The van der Waals surface area contributed by atoms with Crippen molar-refractivity contribution in [3.05, 3.63) is 71.3 Å². The lowest BCUT2D eigenvalue weighted by atomic mass is 9.82. The maximum absolute atomic E-state index is 12.5. The molecule has 2 aromatic rings. The molecule has 0 saturated heterocycles. The van der Waals surface area contributed by atoms with Gasteiger partial charge in [0.2, 0.25) is 0 Å². The van der Waals surface area contributed by atoms with E-state index >= 15 is 0 Å². The molecule has 1 atom stereocenters. The minimum Gasteiger partial charge on any atom is -0.462 e. The molecule has 3 heteroatoms. The van der Waals surface area contributed by atoms with Crippen molar-refractivity contribution in [2.75, 3.05) is 14.1 Å². The summed E-state index contributed by atoms with van der Waals surface area (Å²) >= 11 is 0. The van der Waals surface area contributed by atoms with Crippen LogP contribution in [0.5, 0.6) is 0 Å². The average molecular weight is 366 g/mol. The van der Waals surface area contributed by atoms with Crippen LogP contribution in [0.25, 0.3) is 0 Å². The van der Waals surface area contributed by atoms with E-state index in [1.807, 2.05) is 37.3 Å². The predicted molar refractivity (Wildman–Crippen MR) is 110 cm³/mol. The fraction of sp³-hybridized carbons (Fsp3) is 0.458. The average Bonchev–Trinajstić information content (AvgIpc) is 2.69. The van der Waals surface area contributed by atoms with Gasteiger partial charge in [0.1, 0.15) is 6.10 Å². The summed E-state index contributed by atoms with van der Waals surface area (Å²) in [7, 11) is 4.18. The number of carbonyl (C=O) groups excluding carboxylic acids is 1. The van der Waals surface area contributed by atoms with Gasteiger partial charge in [-0.15, -0.1) is 0 Å². The third-order valence-electron chi connectivity index (χ3n) is 5.56. The zero-order valence-electron chi connectivity index (χ0n) is 16.7. The summed E-state index contributed by atoms with van der Waals surface area (Å²) in [5.74, 6) is 0.283. The van der Waals surface area contributed by atoms with Gasteiger partial charge >= 0.3 is 5.97 Å². The van der Waals surface area contributed by atoms with E-state index in [0.29, 0.717) is 5.92 Å². The smallest absolute Gasteiger partial charge is 0.313 e. The van der Waals surface area contributed by atoms with E-state index in [0.717, 1.165) is 37.8 Å². The Labute approximate surface area is 163 Å². The van der Waals surface area contributed by atoms with Gasteiger partial charge < -0.3 is 9.64 Å². The molecule has 0 bridgehead atoms. The number of hydrogen-bond acceptors (Lipinski definition) is 3. The lowest BCUT2D eigenvalue weighted by molar-refractivity contribution is -0.152. The quantitative estimate of drug-likeness (QED) is 0.665. The van der Waals surface area contributed by atoms with E-state index in [1.165, 1.54) is 11.1 Å². The van der Waals surface area contributed by atoms with Gasteiger partial charge in [0, 0.05) is 6.54 Å². The Hall–Kier alpha value is -2.13. The molecule has 0 radical (unpaired) electrons. The Morgan fingerprint density at radius 1 is 1.00 bits per heavy atom. The first-order valence-corrected chi connectivity index (χ1v) is 10.0. The molecule has 0 aliphatic heterocycles. The number of hydrogen-bond donors (Lipinski definition) is 0. The Kier molecular flexibility index (Phi) is 6.68. The van der Waals surface area contributed by atoms with Crippen molar-refractivity contribution in [3.8, 4) is 0 Å². The molecular weight excluding hydrogens is 334 g/mol. The molecule has 1 fully saturated rings. The molecule has 0 aromatic heterocycles. The molecule has 1 aliphatic rings. The first-order valence-electron chi connectivity index (χ1n) is 10.0. The molecule has 3 nitrogen and oxygen atoms in total. The van der Waals surface area contributed by atoms with Crippen LogP contribution in [-0.2, 0) is 16.1 Å². The lowest BCUT2D eigenvalue weighted by Gasteiger charge is -2.29. The highest BCUT2D eigenvalue weighted by Gasteiger charge is 2.27. The zero-order valence-corrected chi connectivity index (χ0v) is 16.7. The van der Waals surface area contributed by atoms with Gasteiger partial charge in [-0.25, -0.2) is 0 Å². The SMILES string of the molecule is CC(C(=O)O[C@H]1CC[C@H](c2ccc(CN(C)C)cc2)CC1)c1ccccc1. The van der Waals surface area contributed by atoms with Crippen LogP contribution < -0.4 is 0 Å². The second-order valence-corrected chi connectivity index (χ2v) is 8.02. The standard InChI is InChI=1S/C24H31NO2/c1-18(20-7-5-4-6-8-20)24(26)27-23-15-13-22(14-16-23)21-11-9-19(10-12-21)17-25(2)3/h4-12,18,22-23H,13-17H2,1-3H3/t18?,22-,23-. The highest BCUT2D eigenvalue weighted by Crippen LogP contribution is 2.34. The molecule has 144 valence electrons. The van der Waals surface area contributed by atoms with E-state index < -0.39 is 0 Å². The van der Waals surface area contributed by atoms with E-state index in [4.69, 9.17) is 4.74 Å². The third kappa shape index (κ3) is 5.43. The highest BCUT2D eigenvalue weighted by molar-refractivity contribution is 5.77. The molecule has 27 heavy (non-hydrogen) atoms. The Morgan fingerprint density at radius 3 is 2.22 bits per heavy atom. The molecule has 1 aliphatic carbocycles. The predicted octanol–water partition coefficient (Wildman–Crippen LogP) is 5.12. The molecule has 1 saturated carbocycles. The third-order valence-corrected chi connectivity index (χ3v) is 5.56. The number of ether oxygens (including phenoxy) is 1. The van der Waals surface area contributed by atoms with Gasteiger partial charge in [-0.3, -0.25) is 4.79 Å². The number of carbonyl (C=O) groups is 1. The minimum atomic E-state index is -0.201. The Balaban J connectivity index is 1.49. The number of rotatable bonds is 6. The van der Waals surface area contributed by atoms with Crippen molar-refractivity contribution in [1.29, 1.82) is 0 Å². The summed E-state index contributed by atoms with van der Waals surface area (Å²) in [4.78, 5) is 14.6. The van der Waals surface area contributed by atoms with Crippen LogP contribution in [0.2, 0.25) is 0 Å². The van der Waals surface area contributed by atoms with E-state index in [2.05, 4.69) is 43.3 Å². The molecule has 0 spiro atoms. The second-order valence-electron chi connectivity index (χ2n) is 8.02. The van der Waals surface area contributed by atoms with E-state index in [9.17, 15) is 4.79 Å². The lowest BCUT2D eigenvalue weighted by Crippen LogP contribution is -2.26. The van der Waals surface area contributed by atoms with Crippen LogP contribution in [0.4, 0.5) is 0 Å². The fourth-order valence-corrected chi connectivity index (χ4v) is 3.92. The normalized spacial score (nSPS) is 21.0. The van der Waals surface area contributed by atoms with Crippen molar-refractivity contribution in [2.45, 2.75) is 57.1 Å².